The van der Waals surface area contributed by atoms with Crippen LogP contribution in [-0.4, -0.2) is 20.0 Å². The molecule has 0 radical (unpaired) electrons. The topological polar surface area (TPSA) is 57.9 Å². The summed E-state index contributed by atoms with van der Waals surface area (Å²) in [5.74, 6) is 2.80. The third-order valence-corrected chi connectivity index (χ3v) is 4.20. The van der Waals surface area contributed by atoms with E-state index in [4.69, 9.17) is 30.2 Å². The van der Waals surface area contributed by atoms with Crippen LogP contribution in [0.15, 0.2) is 65.1 Å². The Hall–Kier alpha value is -3.18. The Morgan fingerprint density at radius 1 is 1.00 bits per heavy atom. The fourth-order valence-corrected chi connectivity index (χ4v) is 2.62. The zero-order valence-electron chi connectivity index (χ0n) is 15.5. The minimum atomic E-state index is -0.170. The molecule has 3 rings (SSSR count). The maximum atomic E-state index is 12.4. The van der Waals surface area contributed by atoms with Gasteiger partial charge in [-0.25, -0.2) is 0 Å². The summed E-state index contributed by atoms with van der Waals surface area (Å²) < 4.78 is 21.7. The Balaban J connectivity index is 1.61. The lowest BCUT2D eigenvalue weighted by Gasteiger charge is -2.07. The largest absolute Gasteiger partial charge is 0.493 e. The van der Waals surface area contributed by atoms with Crippen molar-refractivity contribution < 1.29 is 23.4 Å². The zero-order valence-corrected chi connectivity index (χ0v) is 16.2. The van der Waals surface area contributed by atoms with Crippen molar-refractivity contribution in [2.45, 2.75) is 6.61 Å². The van der Waals surface area contributed by atoms with Gasteiger partial charge in [0.1, 0.15) is 23.9 Å². The van der Waals surface area contributed by atoms with Gasteiger partial charge in [0.05, 0.1) is 14.2 Å². The highest BCUT2D eigenvalue weighted by Gasteiger charge is 2.09. The Kier molecular flexibility index (Phi) is 6.40. The first-order valence-corrected chi connectivity index (χ1v) is 8.88. The van der Waals surface area contributed by atoms with Gasteiger partial charge in [0, 0.05) is 10.6 Å². The Morgan fingerprint density at radius 2 is 1.75 bits per heavy atom. The van der Waals surface area contributed by atoms with Crippen LogP contribution in [0.25, 0.3) is 6.08 Å². The molecule has 3 aromatic rings. The highest BCUT2D eigenvalue weighted by Crippen LogP contribution is 2.28. The van der Waals surface area contributed by atoms with Gasteiger partial charge in [-0.05, 0) is 66.7 Å². The lowest BCUT2D eigenvalue weighted by atomic mass is 10.1. The molecule has 0 saturated carbocycles. The van der Waals surface area contributed by atoms with E-state index in [0.717, 1.165) is 0 Å². The molecule has 2 aromatic carbocycles. The predicted molar refractivity (Wildman–Crippen MR) is 107 cm³/mol. The standard InChI is InChI=1S/C22H19ClO5/c1-25-21-12-3-15(13-22(21)26-2)20(24)11-10-18-8-9-19(28-18)14-27-17-6-4-16(23)5-7-17/h3-13H,14H2,1-2H3/b11-10+. The second kappa shape index (κ2) is 9.15. The molecule has 1 aromatic heterocycles. The molecular weight excluding hydrogens is 380 g/mol. The third-order valence-electron chi connectivity index (χ3n) is 3.94. The van der Waals surface area contributed by atoms with Crippen molar-refractivity contribution in [3.8, 4) is 17.2 Å². The number of rotatable bonds is 8. The van der Waals surface area contributed by atoms with Crippen LogP contribution in [0.2, 0.25) is 5.02 Å². The average molecular weight is 399 g/mol. The maximum Gasteiger partial charge on any atom is 0.186 e. The number of carbonyl (C=O) groups excluding carboxylic acids is 1. The van der Waals surface area contributed by atoms with Gasteiger partial charge in [-0.15, -0.1) is 0 Å². The summed E-state index contributed by atoms with van der Waals surface area (Å²) in [5, 5.41) is 0.650. The Morgan fingerprint density at radius 3 is 2.46 bits per heavy atom. The Bertz CT molecular complexity index is 973. The van der Waals surface area contributed by atoms with E-state index < -0.39 is 0 Å². The SMILES string of the molecule is COc1ccc(C(=O)/C=C/c2ccc(COc3ccc(Cl)cc3)o2)cc1OC. The zero-order chi connectivity index (χ0) is 19.9. The third kappa shape index (κ3) is 4.96. The van der Waals surface area contributed by atoms with Crippen LogP contribution in [0, 0.1) is 0 Å². The van der Waals surface area contributed by atoms with E-state index in [-0.39, 0.29) is 12.4 Å². The van der Waals surface area contributed by atoms with Crippen molar-refractivity contribution in [3.63, 3.8) is 0 Å². The van der Waals surface area contributed by atoms with E-state index in [0.29, 0.717) is 39.4 Å². The second-order valence-corrected chi connectivity index (χ2v) is 6.25. The number of ether oxygens (including phenoxy) is 3. The summed E-state index contributed by atoms with van der Waals surface area (Å²) in [6.07, 6.45) is 3.06. The van der Waals surface area contributed by atoms with E-state index >= 15 is 0 Å². The normalized spacial score (nSPS) is 10.8. The van der Waals surface area contributed by atoms with Crippen LogP contribution in [0.4, 0.5) is 0 Å². The number of furan rings is 1. The van der Waals surface area contributed by atoms with Crippen molar-refractivity contribution in [2.24, 2.45) is 0 Å². The molecule has 0 amide bonds. The fraction of sp³-hybridized carbons (Fsp3) is 0.136. The minimum Gasteiger partial charge on any atom is -0.493 e. The molecule has 0 aliphatic rings. The molecule has 1 heterocycles. The molecule has 0 unspecified atom stereocenters. The van der Waals surface area contributed by atoms with Crippen LogP contribution in [-0.2, 0) is 6.61 Å². The van der Waals surface area contributed by atoms with Crippen LogP contribution in [0.1, 0.15) is 21.9 Å². The monoisotopic (exact) mass is 398 g/mol. The fourth-order valence-electron chi connectivity index (χ4n) is 2.49. The van der Waals surface area contributed by atoms with Gasteiger partial charge in [0.25, 0.3) is 0 Å². The van der Waals surface area contributed by atoms with Crippen LogP contribution >= 0.6 is 11.6 Å². The number of benzene rings is 2. The van der Waals surface area contributed by atoms with Gasteiger partial charge in [0.2, 0.25) is 0 Å². The number of hydrogen-bond donors (Lipinski definition) is 0. The number of carbonyl (C=O) groups is 1. The van der Waals surface area contributed by atoms with Gasteiger partial charge in [-0.3, -0.25) is 4.79 Å². The van der Waals surface area contributed by atoms with Gasteiger partial charge in [-0.1, -0.05) is 11.6 Å². The lowest BCUT2D eigenvalue weighted by Crippen LogP contribution is -1.97. The van der Waals surface area contributed by atoms with Gasteiger partial charge >= 0.3 is 0 Å². The van der Waals surface area contributed by atoms with E-state index in [1.54, 1.807) is 67.8 Å². The van der Waals surface area contributed by atoms with Crippen LogP contribution in [0.5, 0.6) is 17.2 Å². The van der Waals surface area contributed by atoms with Gasteiger partial charge < -0.3 is 18.6 Å². The lowest BCUT2D eigenvalue weighted by molar-refractivity contribution is 0.104. The molecule has 0 N–H and O–H groups in total. The first-order chi connectivity index (χ1) is 13.6. The highest BCUT2D eigenvalue weighted by molar-refractivity contribution is 6.30. The number of allylic oxidation sites excluding steroid dienone is 1. The summed E-state index contributed by atoms with van der Waals surface area (Å²) >= 11 is 5.85. The summed E-state index contributed by atoms with van der Waals surface area (Å²) in [5.41, 5.74) is 0.492. The molecule has 0 atom stereocenters. The number of methoxy groups -OCH3 is 2. The van der Waals surface area contributed by atoms with Gasteiger partial charge in [-0.2, -0.15) is 0 Å². The molecule has 0 aliphatic heterocycles. The molecule has 0 fully saturated rings. The van der Waals surface area contributed by atoms with Crippen molar-refractivity contribution in [1.29, 1.82) is 0 Å². The summed E-state index contributed by atoms with van der Waals surface area (Å²) in [6, 6.07) is 15.7. The first-order valence-electron chi connectivity index (χ1n) is 8.50. The maximum absolute atomic E-state index is 12.4. The number of ketones is 1. The van der Waals surface area contributed by atoms with E-state index in [1.165, 1.54) is 13.2 Å². The van der Waals surface area contributed by atoms with Crippen LogP contribution in [0.3, 0.4) is 0 Å². The van der Waals surface area contributed by atoms with E-state index in [2.05, 4.69) is 0 Å². The molecule has 144 valence electrons. The smallest absolute Gasteiger partial charge is 0.186 e. The Labute approximate surface area is 168 Å². The van der Waals surface area contributed by atoms with Crippen molar-refractivity contribution >= 4 is 23.5 Å². The van der Waals surface area contributed by atoms with Gasteiger partial charge in [0.15, 0.2) is 17.3 Å². The van der Waals surface area contributed by atoms with E-state index in [1.807, 2.05) is 0 Å². The molecular formula is C22H19ClO5. The molecule has 28 heavy (non-hydrogen) atoms. The summed E-state index contributed by atoms with van der Waals surface area (Å²) in [7, 11) is 3.07. The first kappa shape index (κ1) is 19.6. The second-order valence-electron chi connectivity index (χ2n) is 5.81. The predicted octanol–water partition coefficient (Wildman–Crippen LogP) is 5.43. The average Bonchev–Trinajstić information content (AvgIpc) is 3.19. The van der Waals surface area contributed by atoms with Crippen molar-refractivity contribution in [3.05, 3.63) is 82.8 Å². The molecule has 0 bridgehead atoms. The number of hydrogen-bond acceptors (Lipinski definition) is 5. The quantitative estimate of drug-likeness (QED) is 0.374. The van der Waals surface area contributed by atoms with Crippen molar-refractivity contribution in [2.75, 3.05) is 14.2 Å². The molecule has 5 nitrogen and oxygen atoms in total. The molecule has 0 saturated heterocycles. The highest BCUT2D eigenvalue weighted by atomic mass is 35.5. The van der Waals surface area contributed by atoms with Crippen LogP contribution < -0.4 is 14.2 Å². The number of halogens is 1. The van der Waals surface area contributed by atoms with E-state index in [9.17, 15) is 4.79 Å². The molecule has 0 aliphatic carbocycles. The minimum absolute atomic E-state index is 0.170. The summed E-state index contributed by atoms with van der Waals surface area (Å²) in [6.45, 7) is 0.277. The molecule has 6 heteroatoms. The van der Waals surface area contributed by atoms with Crippen molar-refractivity contribution in [1.82, 2.24) is 0 Å². The summed E-state index contributed by atoms with van der Waals surface area (Å²) in [4.78, 5) is 12.4. The molecule has 0 spiro atoms.